The average Bonchev–Trinajstić information content (AvgIpc) is 2.60. The Morgan fingerprint density at radius 3 is 2.71 bits per heavy atom. The number of carboxylic acids is 1. The van der Waals surface area contributed by atoms with E-state index in [1.165, 1.54) is 22.8 Å². The van der Waals surface area contributed by atoms with Gasteiger partial charge in [-0.3, -0.25) is 0 Å². The van der Waals surface area contributed by atoms with Crippen LogP contribution < -0.4 is 0 Å². The molecule has 6 heteroatoms. The van der Waals surface area contributed by atoms with E-state index in [1.54, 1.807) is 6.20 Å². The minimum atomic E-state index is -1.06. The van der Waals surface area contributed by atoms with Crippen LogP contribution in [0.5, 0.6) is 0 Å². The van der Waals surface area contributed by atoms with Crippen LogP contribution in [0.4, 0.5) is 4.39 Å². The number of carbonyl (C=O) groups is 1. The SMILES string of the molecule is O=C(O)c1cc(I)cn1-c1ccc(F)cc1Cl. The van der Waals surface area contributed by atoms with Gasteiger partial charge in [0, 0.05) is 9.77 Å². The van der Waals surface area contributed by atoms with Crippen LogP contribution in [0.2, 0.25) is 5.02 Å². The van der Waals surface area contributed by atoms with E-state index in [4.69, 9.17) is 16.7 Å². The van der Waals surface area contributed by atoms with Crippen molar-refractivity contribution in [2.24, 2.45) is 0 Å². The van der Waals surface area contributed by atoms with E-state index in [2.05, 4.69) is 0 Å². The highest BCUT2D eigenvalue weighted by Crippen LogP contribution is 2.25. The van der Waals surface area contributed by atoms with Gasteiger partial charge in [-0.15, -0.1) is 0 Å². The molecular weight excluding hydrogens is 359 g/mol. The Morgan fingerprint density at radius 1 is 1.41 bits per heavy atom. The number of hydrogen-bond acceptors (Lipinski definition) is 1. The predicted molar refractivity (Wildman–Crippen MR) is 70.4 cm³/mol. The smallest absolute Gasteiger partial charge is 0.352 e. The van der Waals surface area contributed by atoms with Gasteiger partial charge in [-0.1, -0.05) is 11.6 Å². The normalized spacial score (nSPS) is 10.5. The van der Waals surface area contributed by atoms with E-state index >= 15 is 0 Å². The Bertz CT molecular complexity index is 597. The summed E-state index contributed by atoms with van der Waals surface area (Å²) in [7, 11) is 0. The first-order chi connectivity index (χ1) is 7.99. The summed E-state index contributed by atoms with van der Waals surface area (Å²) < 4.78 is 15.1. The zero-order valence-corrected chi connectivity index (χ0v) is 11.2. The molecule has 0 atom stereocenters. The van der Waals surface area contributed by atoms with Crippen molar-refractivity contribution < 1.29 is 14.3 Å². The minimum Gasteiger partial charge on any atom is -0.477 e. The van der Waals surface area contributed by atoms with Gasteiger partial charge in [0.2, 0.25) is 0 Å². The van der Waals surface area contributed by atoms with Crippen LogP contribution in [0.1, 0.15) is 10.5 Å². The Balaban J connectivity index is 2.63. The number of carboxylic acid groups (broad SMARTS) is 1. The molecule has 0 fully saturated rings. The van der Waals surface area contributed by atoms with Gasteiger partial charge in [-0.25, -0.2) is 9.18 Å². The second kappa shape index (κ2) is 4.66. The van der Waals surface area contributed by atoms with Crippen molar-refractivity contribution in [1.82, 2.24) is 4.57 Å². The lowest BCUT2D eigenvalue weighted by Gasteiger charge is -2.08. The maximum absolute atomic E-state index is 12.9. The van der Waals surface area contributed by atoms with Crippen molar-refractivity contribution >= 4 is 40.2 Å². The third-order valence-electron chi connectivity index (χ3n) is 2.17. The molecule has 0 unspecified atom stereocenters. The third kappa shape index (κ3) is 2.44. The minimum absolute atomic E-state index is 0.0860. The molecule has 0 saturated heterocycles. The summed E-state index contributed by atoms with van der Waals surface area (Å²) in [6.45, 7) is 0. The fourth-order valence-corrected chi connectivity index (χ4v) is 2.30. The number of nitrogens with zero attached hydrogens (tertiary/aromatic N) is 1. The molecule has 1 aromatic heterocycles. The number of rotatable bonds is 2. The van der Waals surface area contributed by atoms with Crippen molar-refractivity contribution in [3.05, 3.63) is 50.6 Å². The zero-order valence-electron chi connectivity index (χ0n) is 8.32. The summed E-state index contributed by atoms with van der Waals surface area (Å²) in [6, 6.07) is 5.35. The van der Waals surface area contributed by atoms with Crippen molar-refractivity contribution in [2.75, 3.05) is 0 Å². The van der Waals surface area contributed by atoms with Gasteiger partial charge in [0.05, 0.1) is 10.7 Å². The molecule has 2 aromatic rings. The lowest BCUT2D eigenvalue weighted by Crippen LogP contribution is -2.06. The molecule has 0 bridgehead atoms. The van der Waals surface area contributed by atoms with Crippen LogP contribution in [0, 0.1) is 9.39 Å². The zero-order chi connectivity index (χ0) is 12.6. The molecule has 17 heavy (non-hydrogen) atoms. The van der Waals surface area contributed by atoms with Gasteiger partial charge in [-0.2, -0.15) is 0 Å². The maximum Gasteiger partial charge on any atom is 0.352 e. The van der Waals surface area contributed by atoms with E-state index in [-0.39, 0.29) is 10.7 Å². The molecule has 0 spiro atoms. The van der Waals surface area contributed by atoms with E-state index < -0.39 is 11.8 Å². The first-order valence-electron chi connectivity index (χ1n) is 4.55. The highest BCUT2D eigenvalue weighted by atomic mass is 127. The van der Waals surface area contributed by atoms with E-state index in [0.717, 1.165) is 9.64 Å². The van der Waals surface area contributed by atoms with Crippen LogP contribution in [0.3, 0.4) is 0 Å². The summed E-state index contributed by atoms with van der Waals surface area (Å²) in [5.41, 5.74) is 0.524. The summed E-state index contributed by atoms with van der Waals surface area (Å²) in [6.07, 6.45) is 1.63. The van der Waals surface area contributed by atoms with E-state index in [1.807, 2.05) is 22.6 Å². The molecule has 0 radical (unpaired) electrons. The third-order valence-corrected chi connectivity index (χ3v) is 3.07. The van der Waals surface area contributed by atoms with Gasteiger partial charge < -0.3 is 9.67 Å². The molecule has 1 heterocycles. The van der Waals surface area contributed by atoms with Crippen molar-refractivity contribution in [2.45, 2.75) is 0 Å². The molecule has 0 aliphatic rings. The Kier molecular flexibility index (Phi) is 3.39. The summed E-state index contributed by atoms with van der Waals surface area (Å²) in [5.74, 6) is -1.52. The fraction of sp³-hybridized carbons (Fsp3) is 0. The van der Waals surface area contributed by atoms with Gasteiger partial charge in [-0.05, 0) is 46.9 Å². The summed E-state index contributed by atoms with van der Waals surface area (Å²) in [4.78, 5) is 11.0. The van der Waals surface area contributed by atoms with Crippen molar-refractivity contribution in [3.63, 3.8) is 0 Å². The lowest BCUT2D eigenvalue weighted by molar-refractivity contribution is 0.0688. The van der Waals surface area contributed by atoms with Crippen molar-refractivity contribution in [1.29, 1.82) is 0 Å². The highest BCUT2D eigenvalue weighted by Gasteiger charge is 2.15. The summed E-state index contributed by atoms with van der Waals surface area (Å²) >= 11 is 7.90. The first kappa shape index (κ1) is 12.4. The van der Waals surface area contributed by atoms with E-state index in [9.17, 15) is 9.18 Å². The maximum atomic E-state index is 12.9. The summed E-state index contributed by atoms with van der Waals surface area (Å²) in [5, 5.41) is 9.21. The molecule has 88 valence electrons. The fourth-order valence-electron chi connectivity index (χ4n) is 1.47. The molecule has 0 amide bonds. The highest BCUT2D eigenvalue weighted by molar-refractivity contribution is 14.1. The molecule has 2 rings (SSSR count). The number of hydrogen-bond donors (Lipinski definition) is 1. The molecule has 1 aromatic carbocycles. The predicted octanol–water partition coefficient (Wildman–Crippen LogP) is 3.57. The van der Waals surface area contributed by atoms with Crippen LogP contribution in [-0.2, 0) is 0 Å². The average molecular weight is 366 g/mol. The largest absolute Gasteiger partial charge is 0.477 e. The van der Waals surface area contributed by atoms with E-state index in [0.29, 0.717) is 5.69 Å². The number of aromatic carboxylic acids is 1. The van der Waals surface area contributed by atoms with Crippen LogP contribution in [0.25, 0.3) is 5.69 Å². The van der Waals surface area contributed by atoms with Crippen LogP contribution >= 0.6 is 34.2 Å². The monoisotopic (exact) mass is 365 g/mol. The molecule has 0 saturated carbocycles. The van der Waals surface area contributed by atoms with Crippen LogP contribution in [-0.4, -0.2) is 15.6 Å². The standard InChI is InChI=1S/C11H6ClFINO2/c12-8-3-6(13)1-2-9(8)15-5-7(14)4-10(15)11(16)17/h1-5H,(H,16,17). The van der Waals surface area contributed by atoms with Crippen LogP contribution in [0.15, 0.2) is 30.5 Å². The Labute approximate surface area is 115 Å². The van der Waals surface area contributed by atoms with Crippen molar-refractivity contribution in [3.8, 4) is 5.69 Å². The number of aromatic nitrogens is 1. The molecular formula is C11H6ClFINO2. The van der Waals surface area contributed by atoms with Gasteiger partial charge in [0.25, 0.3) is 0 Å². The molecule has 0 aliphatic carbocycles. The topological polar surface area (TPSA) is 42.2 Å². The Hall–Kier alpha value is -1.08. The second-order valence-electron chi connectivity index (χ2n) is 3.31. The molecule has 0 aliphatic heterocycles. The molecule has 3 nitrogen and oxygen atoms in total. The quantitative estimate of drug-likeness (QED) is 0.827. The van der Waals surface area contributed by atoms with Gasteiger partial charge >= 0.3 is 5.97 Å². The van der Waals surface area contributed by atoms with Gasteiger partial charge in [0.15, 0.2) is 0 Å². The number of benzene rings is 1. The second-order valence-corrected chi connectivity index (χ2v) is 4.97. The van der Waals surface area contributed by atoms with Gasteiger partial charge in [0.1, 0.15) is 11.5 Å². The Morgan fingerprint density at radius 2 is 2.12 bits per heavy atom. The number of halogens is 3. The lowest BCUT2D eigenvalue weighted by atomic mass is 10.3. The first-order valence-corrected chi connectivity index (χ1v) is 6.01. The molecule has 1 N–H and O–H groups in total.